The maximum atomic E-state index is 14.4. The van der Waals surface area contributed by atoms with Crippen LogP contribution in [0, 0.1) is 11.6 Å². The molecule has 0 radical (unpaired) electrons. The zero-order valence-corrected chi connectivity index (χ0v) is 14.8. The fourth-order valence-corrected chi connectivity index (χ4v) is 3.23. The van der Waals surface area contributed by atoms with Crippen LogP contribution in [-0.4, -0.2) is 20.7 Å². The number of halogens is 3. The molecule has 0 saturated heterocycles. The number of hydrogen-bond donors (Lipinski definition) is 2. The van der Waals surface area contributed by atoms with Crippen LogP contribution in [0.15, 0.2) is 53.5 Å². The van der Waals surface area contributed by atoms with Gasteiger partial charge in [0.05, 0.1) is 10.4 Å². The van der Waals surface area contributed by atoms with Crippen molar-refractivity contribution in [3.8, 4) is 16.9 Å². The van der Waals surface area contributed by atoms with E-state index in [-0.39, 0.29) is 27.2 Å². The van der Waals surface area contributed by atoms with E-state index in [0.717, 1.165) is 16.8 Å². The fourth-order valence-electron chi connectivity index (χ4n) is 3.00. The van der Waals surface area contributed by atoms with Gasteiger partial charge in [-0.3, -0.25) is 9.59 Å². The van der Waals surface area contributed by atoms with E-state index in [0.29, 0.717) is 5.56 Å². The Bertz CT molecular complexity index is 1290. The van der Waals surface area contributed by atoms with Crippen molar-refractivity contribution in [3.05, 3.63) is 81.2 Å². The number of aromatic nitrogens is 3. The molecule has 0 aliphatic carbocycles. The summed E-state index contributed by atoms with van der Waals surface area (Å²) in [5.41, 5.74) is 4.98. The van der Waals surface area contributed by atoms with Gasteiger partial charge in [0.15, 0.2) is 11.6 Å². The van der Waals surface area contributed by atoms with Gasteiger partial charge in [0.25, 0.3) is 5.56 Å². The Labute approximate surface area is 161 Å². The van der Waals surface area contributed by atoms with Crippen molar-refractivity contribution < 1.29 is 13.6 Å². The predicted molar refractivity (Wildman–Crippen MR) is 101 cm³/mol. The first-order chi connectivity index (χ1) is 13.4. The number of amides is 1. The lowest BCUT2D eigenvalue weighted by Crippen LogP contribution is -2.10. The monoisotopic (exact) mass is 400 g/mol. The minimum Gasteiger partial charge on any atom is -0.366 e. The highest BCUT2D eigenvalue weighted by molar-refractivity contribution is 6.35. The van der Waals surface area contributed by atoms with Gasteiger partial charge in [-0.1, -0.05) is 29.8 Å². The quantitative estimate of drug-likeness (QED) is 0.551. The van der Waals surface area contributed by atoms with Crippen LogP contribution in [-0.2, 0) is 0 Å². The fraction of sp³-hybridized carbons (Fsp3) is 0. The number of rotatable bonds is 3. The minimum atomic E-state index is -0.877. The van der Waals surface area contributed by atoms with Gasteiger partial charge in [-0.15, -0.1) is 0 Å². The van der Waals surface area contributed by atoms with Crippen molar-refractivity contribution in [2.24, 2.45) is 5.73 Å². The molecule has 0 spiro atoms. The second kappa shape index (κ2) is 6.58. The number of para-hydroxylation sites is 1. The summed E-state index contributed by atoms with van der Waals surface area (Å²) in [5.74, 6) is -2.42. The van der Waals surface area contributed by atoms with Crippen molar-refractivity contribution >= 4 is 28.4 Å². The SMILES string of the molecule is NC(=O)c1cccc(-c2nn(-c3c(F)cccc3F)c3c(Cl)c[nH]c(=O)c23)c1. The average molecular weight is 401 g/mol. The van der Waals surface area contributed by atoms with E-state index in [1.54, 1.807) is 12.1 Å². The van der Waals surface area contributed by atoms with Crippen LogP contribution in [0.5, 0.6) is 0 Å². The summed E-state index contributed by atoms with van der Waals surface area (Å²) in [7, 11) is 0. The van der Waals surface area contributed by atoms with Crippen LogP contribution in [0.2, 0.25) is 5.02 Å². The third-order valence-corrected chi connectivity index (χ3v) is 4.53. The topological polar surface area (TPSA) is 93.8 Å². The Hall–Kier alpha value is -3.52. The average Bonchev–Trinajstić information content (AvgIpc) is 3.06. The van der Waals surface area contributed by atoms with Crippen molar-refractivity contribution in [1.82, 2.24) is 14.8 Å². The molecule has 4 aromatic rings. The van der Waals surface area contributed by atoms with Crippen LogP contribution in [0.25, 0.3) is 27.8 Å². The normalized spacial score (nSPS) is 11.1. The number of H-pyrrole nitrogens is 1. The first-order valence-electron chi connectivity index (χ1n) is 8.03. The number of hydrogen-bond acceptors (Lipinski definition) is 3. The van der Waals surface area contributed by atoms with Gasteiger partial charge in [-0.2, -0.15) is 5.10 Å². The number of nitrogens with zero attached hydrogens (tertiary/aromatic N) is 2. The number of nitrogens with two attached hydrogens (primary N) is 1. The van der Waals surface area contributed by atoms with Crippen LogP contribution < -0.4 is 11.3 Å². The molecule has 0 unspecified atom stereocenters. The van der Waals surface area contributed by atoms with Crippen molar-refractivity contribution in [3.63, 3.8) is 0 Å². The number of benzene rings is 2. The van der Waals surface area contributed by atoms with E-state index in [1.165, 1.54) is 24.4 Å². The summed E-state index contributed by atoms with van der Waals surface area (Å²) in [6.45, 7) is 0. The van der Waals surface area contributed by atoms with Gasteiger partial charge >= 0.3 is 0 Å². The van der Waals surface area contributed by atoms with Gasteiger partial charge in [0, 0.05) is 17.3 Å². The molecular formula is C19H11ClF2N4O2. The zero-order valence-electron chi connectivity index (χ0n) is 14.0. The van der Waals surface area contributed by atoms with E-state index in [9.17, 15) is 18.4 Å². The lowest BCUT2D eigenvalue weighted by Gasteiger charge is -2.07. The summed E-state index contributed by atoms with van der Waals surface area (Å²) in [6, 6.07) is 9.44. The maximum Gasteiger partial charge on any atom is 0.259 e. The minimum absolute atomic E-state index is 0.0248. The molecule has 6 nitrogen and oxygen atoms in total. The van der Waals surface area contributed by atoms with Crippen LogP contribution in [0.3, 0.4) is 0 Å². The van der Waals surface area contributed by atoms with Crippen molar-refractivity contribution in [1.29, 1.82) is 0 Å². The largest absolute Gasteiger partial charge is 0.366 e. The van der Waals surface area contributed by atoms with E-state index >= 15 is 0 Å². The number of fused-ring (bicyclic) bond motifs is 1. The van der Waals surface area contributed by atoms with Crippen molar-refractivity contribution in [2.75, 3.05) is 0 Å². The molecule has 9 heteroatoms. The Morgan fingerprint density at radius 1 is 1.14 bits per heavy atom. The molecule has 0 aliphatic heterocycles. The molecule has 2 aromatic carbocycles. The van der Waals surface area contributed by atoms with E-state index in [2.05, 4.69) is 10.1 Å². The van der Waals surface area contributed by atoms with Crippen LogP contribution in [0.1, 0.15) is 10.4 Å². The highest BCUT2D eigenvalue weighted by Crippen LogP contribution is 2.33. The second-order valence-electron chi connectivity index (χ2n) is 5.97. The third-order valence-electron chi connectivity index (χ3n) is 4.24. The van der Waals surface area contributed by atoms with Crippen LogP contribution >= 0.6 is 11.6 Å². The lowest BCUT2D eigenvalue weighted by atomic mass is 10.1. The molecule has 140 valence electrons. The molecule has 0 fully saturated rings. The van der Waals surface area contributed by atoms with Gasteiger partial charge < -0.3 is 10.7 Å². The standard InChI is InChI=1S/C19H11ClF2N4O2/c20-11-8-24-19(28)14-15(9-3-1-4-10(7-9)18(23)27)25-26(16(11)14)17-12(21)5-2-6-13(17)22/h1-8H,(H2,23,27)(H,24,28). The summed E-state index contributed by atoms with van der Waals surface area (Å²) < 4.78 is 29.7. The van der Waals surface area contributed by atoms with E-state index in [1.807, 2.05) is 0 Å². The molecule has 28 heavy (non-hydrogen) atoms. The Morgan fingerprint density at radius 2 is 1.82 bits per heavy atom. The molecule has 1 amide bonds. The Morgan fingerprint density at radius 3 is 2.50 bits per heavy atom. The zero-order chi connectivity index (χ0) is 20.0. The van der Waals surface area contributed by atoms with Gasteiger partial charge in [-0.05, 0) is 24.3 Å². The first-order valence-corrected chi connectivity index (χ1v) is 8.41. The molecule has 0 aliphatic rings. The lowest BCUT2D eigenvalue weighted by molar-refractivity contribution is 0.100. The molecule has 0 bridgehead atoms. The van der Waals surface area contributed by atoms with Gasteiger partial charge in [0.1, 0.15) is 16.9 Å². The smallest absolute Gasteiger partial charge is 0.259 e. The summed E-state index contributed by atoms with van der Waals surface area (Å²) in [5, 5.41) is 4.32. The maximum absolute atomic E-state index is 14.4. The molecular weight excluding hydrogens is 390 g/mol. The Kier molecular flexibility index (Phi) is 4.20. The number of aromatic amines is 1. The number of pyridine rings is 1. The summed E-state index contributed by atoms with van der Waals surface area (Å²) in [4.78, 5) is 26.5. The number of carbonyl (C=O) groups is 1. The van der Waals surface area contributed by atoms with Gasteiger partial charge in [0.2, 0.25) is 5.91 Å². The number of carbonyl (C=O) groups excluding carboxylic acids is 1. The molecule has 2 heterocycles. The molecule has 3 N–H and O–H groups in total. The first kappa shape index (κ1) is 17.9. The highest BCUT2D eigenvalue weighted by atomic mass is 35.5. The third kappa shape index (κ3) is 2.74. The van der Waals surface area contributed by atoms with Crippen molar-refractivity contribution in [2.45, 2.75) is 0 Å². The molecule has 4 rings (SSSR count). The van der Waals surface area contributed by atoms with E-state index in [4.69, 9.17) is 17.3 Å². The number of nitrogens with one attached hydrogen (secondary N) is 1. The van der Waals surface area contributed by atoms with Crippen LogP contribution in [0.4, 0.5) is 8.78 Å². The summed E-state index contributed by atoms with van der Waals surface area (Å²) >= 11 is 6.22. The van der Waals surface area contributed by atoms with Gasteiger partial charge in [-0.25, -0.2) is 13.5 Å². The molecule has 0 saturated carbocycles. The Balaban J connectivity index is 2.13. The highest BCUT2D eigenvalue weighted by Gasteiger charge is 2.23. The predicted octanol–water partition coefficient (Wildman–Crippen LogP) is 3.41. The second-order valence-corrected chi connectivity index (χ2v) is 6.37. The molecule has 2 aromatic heterocycles. The number of primary amides is 1. The molecule has 0 atom stereocenters. The van der Waals surface area contributed by atoms with E-state index < -0.39 is 28.8 Å². The summed E-state index contributed by atoms with van der Waals surface area (Å²) in [6.07, 6.45) is 1.22.